The monoisotopic (exact) mass is 605 g/mol. The van der Waals surface area contributed by atoms with Crippen LogP contribution < -0.4 is 5.32 Å². The van der Waals surface area contributed by atoms with E-state index in [0.717, 1.165) is 59.0 Å². The molecule has 1 aliphatic carbocycles. The second kappa shape index (κ2) is 11.3. The molecule has 1 saturated heterocycles. The van der Waals surface area contributed by atoms with Crippen molar-refractivity contribution in [3.05, 3.63) is 112 Å². The number of fused-ring (bicyclic) bond motifs is 2. The van der Waals surface area contributed by atoms with Gasteiger partial charge >= 0.3 is 0 Å². The quantitative estimate of drug-likeness (QED) is 0.197. The molecule has 7 rings (SSSR count). The molecule has 3 aromatic heterocycles. The fourth-order valence-electron chi connectivity index (χ4n) is 6.47. The number of aldehydes is 1. The number of aryl methyl sites for hydroxylation is 1. The summed E-state index contributed by atoms with van der Waals surface area (Å²) in [5, 5.41) is 14.9. The van der Waals surface area contributed by atoms with Crippen LogP contribution in [0.4, 0.5) is 5.82 Å². The normalized spacial score (nSPS) is 22.0. The molecular weight excluding hydrogens is 574 g/mol. The van der Waals surface area contributed by atoms with Gasteiger partial charge in [0.15, 0.2) is 11.4 Å². The van der Waals surface area contributed by atoms with Crippen molar-refractivity contribution in [2.45, 2.75) is 38.5 Å². The van der Waals surface area contributed by atoms with Crippen molar-refractivity contribution < 1.29 is 14.3 Å². The van der Waals surface area contributed by atoms with E-state index in [1.165, 1.54) is 0 Å². The third-order valence-corrected chi connectivity index (χ3v) is 9.11. The molecule has 8 nitrogen and oxygen atoms in total. The smallest absolute Gasteiger partial charge is 0.226 e. The number of allylic oxidation sites excluding steroid dienone is 2. The van der Waals surface area contributed by atoms with E-state index < -0.39 is 5.54 Å². The minimum atomic E-state index is -0.969. The van der Waals surface area contributed by atoms with E-state index in [0.29, 0.717) is 39.9 Å². The van der Waals surface area contributed by atoms with Gasteiger partial charge in [0, 0.05) is 48.9 Å². The molecule has 2 aromatic carbocycles. The summed E-state index contributed by atoms with van der Waals surface area (Å²) in [7, 11) is 0. The van der Waals surface area contributed by atoms with E-state index >= 15 is 0 Å². The number of β-amino-alcohol motifs (C(OH)–C–C–N with tert-alkyl or cyclic N) is 1. The average Bonchev–Trinajstić information content (AvgIpc) is 3.65. The van der Waals surface area contributed by atoms with E-state index in [4.69, 9.17) is 31.0 Å². The molecule has 44 heavy (non-hydrogen) atoms. The molecule has 2 aliphatic rings. The number of benzene rings is 2. The number of nitrogens with zero attached hydrogens (tertiary/aromatic N) is 4. The number of pyridine rings is 2. The van der Waals surface area contributed by atoms with Gasteiger partial charge < -0.3 is 14.8 Å². The van der Waals surface area contributed by atoms with E-state index in [-0.39, 0.29) is 12.0 Å². The van der Waals surface area contributed by atoms with Crippen LogP contribution in [0.1, 0.15) is 46.3 Å². The Hall–Kier alpha value is -4.37. The molecule has 5 aromatic rings. The van der Waals surface area contributed by atoms with E-state index in [9.17, 15) is 9.90 Å². The number of rotatable bonds is 7. The third kappa shape index (κ3) is 4.99. The second-order valence-electron chi connectivity index (χ2n) is 11.8. The third-order valence-electron chi connectivity index (χ3n) is 8.83. The molecule has 0 spiro atoms. The summed E-state index contributed by atoms with van der Waals surface area (Å²) in [5.41, 5.74) is 5.59. The van der Waals surface area contributed by atoms with Gasteiger partial charge in [-0.05, 0) is 65.9 Å². The Kier molecular flexibility index (Phi) is 7.28. The number of aliphatic hydroxyl groups is 1. The maximum atomic E-state index is 11.6. The Balaban J connectivity index is 1.34. The van der Waals surface area contributed by atoms with Crippen molar-refractivity contribution in [1.82, 2.24) is 19.9 Å². The number of nitrogens with one attached hydrogen (secondary N) is 1. The van der Waals surface area contributed by atoms with Crippen molar-refractivity contribution >= 4 is 51.3 Å². The van der Waals surface area contributed by atoms with Crippen LogP contribution in [-0.4, -0.2) is 50.4 Å². The zero-order valence-electron chi connectivity index (χ0n) is 24.5. The number of hydrogen-bond donors (Lipinski definition) is 2. The Morgan fingerprint density at radius 1 is 1.20 bits per heavy atom. The number of aliphatic hydroxyl groups excluding tert-OH is 1. The molecule has 2 unspecified atom stereocenters. The van der Waals surface area contributed by atoms with E-state index in [2.05, 4.69) is 48.3 Å². The zero-order valence-corrected chi connectivity index (χ0v) is 25.3. The number of anilines is 1. The highest BCUT2D eigenvalue weighted by Gasteiger charge is 2.45. The fraction of sp³-hybridized carbons (Fsp3) is 0.257. The lowest BCUT2D eigenvalue weighted by Crippen LogP contribution is -2.42. The fourth-order valence-corrected chi connectivity index (χ4v) is 6.73. The zero-order chi connectivity index (χ0) is 30.4. The van der Waals surface area contributed by atoms with Gasteiger partial charge in [0.25, 0.3) is 0 Å². The van der Waals surface area contributed by atoms with Crippen LogP contribution in [0.15, 0.2) is 83.6 Å². The number of oxazole rings is 1. The van der Waals surface area contributed by atoms with Gasteiger partial charge in [0.05, 0.1) is 11.1 Å². The van der Waals surface area contributed by atoms with Crippen LogP contribution in [0.5, 0.6) is 0 Å². The molecule has 4 heterocycles. The van der Waals surface area contributed by atoms with Crippen molar-refractivity contribution in [3.63, 3.8) is 0 Å². The molecular formula is C35H32ClN5O3. The Labute approximate surface area is 260 Å². The summed E-state index contributed by atoms with van der Waals surface area (Å²) in [6.07, 6.45) is 11.1. The van der Waals surface area contributed by atoms with E-state index in [1.54, 1.807) is 18.3 Å². The van der Waals surface area contributed by atoms with Gasteiger partial charge in [-0.15, -0.1) is 0 Å². The van der Waals surface area contributed by atoms with Crippen molar-refractivity contribution in [2.24, 2.45) is 5.92 Å². The van der Waals surface area contributed by atoms with Gasteiger partial charge in [-0.1, -0.05) is 54.9 Å². The summed E-state index contributed by atoms with van der Waals surface area (Å²) in [4.78, 5) is 28.3. The van der Waals surface area contributed by atoms with Gasteiger partial charge in [0.1, 0.15) is 22.9 Å². The van der Waals surface area contributed by atoms with Crippen LogP contribution in [0.25, 0.3) is 27.6 Å². The predicted octanol–water partition coefficient (Wildman–Crippen LogP) is 6.71. The molecule has 9 heteroatoms. The first-order chi connectivity index (χ1) is 21.3. The van der Waals surface area contributed by atoms with E-state index in [1.807, 2.05) is 36.5 Å². The molecule has 1 aliphatic heterocycles. The Morgan fingerprint density at radius 2 is 2.07 bits per heavy atom. The minimum Gasteiger partial charge on any atom is -0.436 e. The van der Waals surface area contributed by atoms with Crippen molar-refractivity contribution in [2.75, 3.05) is 18.4 Å². The highest BCUT2D eigenvalue weighted by Crippen LogP contribution is 2.46. The summed E-state index contributed by atoms with van der Waals surface area (Å²) >= 11 is 6.56. The maximum absolute atomic E-state index is 11.6. The lowest BCUT2D eigenvalue weighted by Gasteiger charge is -2.39. The average molecular weight is 606 g/mol. The molecule has 0 amide bonds. The van der Waals surface area contributed by atoms with Crippen molar-refractivity contribution in [3.8, 4) is 0 Å². The molecule has 0 radical (unpaired) electrons. The first-order valence-electron chi connectivity index (χ1n) is 14.8. The van der Waals surface area contributed by atoms with Crippen LogP contribution in [0.2, 0.25) is 5.02 Å². The second-order valence-corrected chi connectivity index (χ2v) is 12.2. The van der Waals surface area contributed by atoms with Crippen LogP contribution >= 0.6 is 11.6 Å². The number of halogens is 1. The molecule has 0 bridgehead atoms. The summed E-state index contributed by atoms with van der Waals surface area (Å²) in [5.74, 6) is 0.836. The largest absolute Gasteiger partial charge is 0.436 e. The topological polar surface area (TPSA) is 104 Å². The predicted molar refractivity (Wildman–Crippen MR) is 173 cm³/mol. The lowest BCUT2D eigenvalue weighted by molar-refractivity contribution is 0.112. The number of hydrogen-bond acceptors (Lipinski definition) is 8. The minimum absolute atomic E-state index is 0.163. The number of carbonyl (C=O) groups excluding carboxylic acids is 1. The van der Waals surface area contributed by atoms with Crippen LogP contribution in [0, 0.1) is 12.8 Å². The first kappa shape index (κ1) is 28.4. The van der Waals surface area contributed by atoms with Crippen LogP contribution in [-0.2, 0) is 12.1 Å². The molecule has 3 atom stereocenters. The summed E-state index contributed by atoms with van der Waals surface area (Å²) in [6, 6.07) is 15.7. The molecule has 0 saturated carbocycles. The SMILES string of the molecule is Cc1ccccc1C1=CC=CC(Nc2nccc3cc(CN4CCC(O)C4)cnc23)(c2nc3cc(C=O)cc(Cl)c3o2)[C@H]1C. The highest BCUT2D eigenvalue weighted by molar-refractivity contribution is 6.35. The first-order valence-corrected chi connectivity index (χ1v) is 15.2. The highest BCUT2D eigenvalue weighted by atomic mass is 35.5. The Morgan fingerprint density at radius 3 is 2.86 bits per heavy atom. The summed E-state index contributed by atoms with van der Waals surface area (Å²) in [6.45, 7) is 6.52. The van der Waals surface area contributed by atoms with Gasteiger partial charge in [-0.25, -0.2) is 9.97 Å². The Bertz CT molecular complexity index is 1970. The standard InChI is InChI=1S/C35H32ClN5O3/c1-21-6-3-4-7-27(21)28-8-5-11-35(22(28)2,34-39-30-16-23(20-42)15-29(36)32(30)44-34)40-33-31-25(9-12-37-33)14-24(17-38-31)18-41-13-10-26(43)19-41/h3-9,11-12,14-17,20,22,26,43H,10,13,18-19H2,1-2H3,(H,37,40)/t22-,26?,35?/m0/s1. The molecule has 222 valence electrons. The van der Waals surface area contributed by atoms with Gasteiger partial charge in [-0.2, -0.15) is 0 Å². The van der Waals surface area contributed by atoms with Gasteiger partial charge in [-0.3, -0.25) is 14.7 Å². The number of aromatic nitrogens is 3. The molecule has 1 fully saturated rings. The summed E-state index contributed by atoms with van der Waals surface area (Å²) < 4.78 is 6.44. The van der Waals surface area contributed by atoms with Crippen molar-refractivity contribution in [1.29, 1.82) is 0 Å². The van der Waals surface area contributed by atoms with Crippen LogP contribution in [0.3, 0.4) is 0 Å². The number of carbonyl (C=O) groups is 1. The number of likely N-dealkylation sites (tertiary alicyclic amines) is 1. The maximum Gasteiger partial charge on any atom is 0.226 e. The molecule has 2 N–H and O–H groups in total. The lowest BCUT2D eigenvalue weighted by atomic mass is 9.73. The van der Waals surface area contributed by atoms with Gasteiger partial charge in [0.2, 0.25) is 5.89 Å².